The molecule has 1 N–H and O–H groups in total. The Kier molecular flexibility index (Phi) is 3.53. The molecule has 1 aromatic heterocycles. The first kappa shape index (κ1) is 11.8. The Morgan fingerprint density at radius 1 is 1.71 bits per heavy atom. The number of aromatic nitrogens is 2. The molecule has 0 aliphatic carbocycles. The smallest absolute Gasteiger partial charge is 0.376 e. The van der Waals surface area contributed by atoms with Gasteiger partial charge in [-0.15, -0.1) is 0 Å². The molecule has 2 heterocycles. The van der Waals surface area contributed by atoms with Crippen molar-refractivity contribution in [2.24, 2.45) is 0 Å². The maximum Gasteiger partial charge on any atom is 0.376 e. The SMILES string of the molecule is COC(=O)c1nccc(N2CCCC2CO)n1. The molecule has 6 heteroatoms. The highest BCUT2D eigenvalue weighted by Crippen LogP contribution is 2.23. The van der Waals surface area contributed by atoms with Gasteiger partial charge in [0, 0.05) is 12.7 Å². The maximum atomic E-state index is 11.3. The van der Waals surface area contributed by atoms with Crippen LogP contribution >= 0.6 is 0 Å². The number of methoxy groups -OCH3 is 1. The predicted molar refractivity (Wildman–Crippen MR) is 60.8 cm³/mol. The van der Waals surface area contributed by atoms with Crippen LogP contribution in [-0.4, -0.2) is 47.3 Å². The van der Waals surface area contributed by atoms with E-state index in [2.05, 4.69) is 14.7 Å². The highest BCUT2D eigenvalue weighted by Gasteiger charge is 2.25. The molecule has 1 saturated heterocycles. The van der Waals surface area contributed by atoms with Gasteiger partial charge in [-0.1, -0.05) is 0 Å². The number of carbonyl (C=O) groups is 1. The molecular weight excluding hydrogens is 222 g/mol. The van der Waals surface area contributed by atoms with Gasteiger partial charge in [-0.2, -0.15) is 0 Å². The number of anilines is 1. The van der Waals surface area contributed by atoms with E-state index in [0.29, 0.717) is 5.82 Å². The fraction of sp³-hybridized carbons (Fsp3) is 0.545. The lowest BCUT2D eigenvalue weighted by molar-refractivity contribution is 0.0586. The fourth-order valence-electron chi connectivity index (χ4n) is 2.03. The lowest BCUT2D eigenvalue weighted by Crippen LogP contribution is -2.33. The molecule has 1 fully saturated rings. The normalized spacial score (nSPS) is 19.4. The largest absolute Gasteiger partial charge is 0.463 e. The zero-order valence-corrected chi connectivity index (χ0v) is 9.67. The van der Waals surface area contributed by atoms with Crippen LogP contribution in [0.1, 0.15) is 23.5 Å². The summed E-state index contributed by atoms with van der Waals surface area (Å²) in [5, 5.41) is 9.25. The molecule has 1 aliphatic rings. The van der Waals surface area contributed by atoms with E-state index >= 15 is 0 Å². The van der Waals surface area contributed by atoms with Crippen LogP contribution in [0.2, 0.25) is 0 Å². The van der Waals surface area contributed by atoms with Gasteiger partial charge in [0.05, 0.1) is 19.8 Å². The second-order valence-corrected chi connectivity index (χ2v) is 3.90. The molecule has 1 aromatic rings. The molecule has 0 spiro atoms. The highest BCUT2D eigenvalue weighted by molar-refractivity contribution is 5.85. The number of hydrogen-bond acceptors (Lipinski definition) is 6. The Balaban J connectivity index is 2.23. The first-order valence-corrected chi connectivity index (χ1v) is 5.55. The lowest BCUT2D eigenvalue weighted by atomic mass is 10.2. The Morgan fingerprint density at radius 2 is 2.53 bits per heavy atom. The third kappa shape index (κ3) is 2.36. The predicted octanol–water partition coefficient (Wildman–Crippen LogP) is 0.224. The van der Waals surface area contributed by atoms with E-state index in [1.54, 1.807) is 6.07 Å². The van der Waals surface area contributed by atoms with Gasteiger partial charge < -0.3 is 14.7 Å². The summed E-state index contributed by atoms with van der Waals surface area (Å²) in [7, 11) is 1.30. The van der Waals surface area contributed by atoms with Gasteiger partial charge in [0.15, 0.2) is 0 Å². The van der Waals surface area contributed by atoms with Crippen LogP contribution in [0.4, 0.5) is 5.82 Å². The number of nitrogens with zero attached hydrogens (tertiary/aromatic N) is 3. The van der Waals surface area contributed by atoms with Crippen molar-refractivity contribution in [2.75, 3.05) is 25.2 Å². The van der Waals surface area contributed by atoms with Crippen LogP contribution < -0.4 is 4.90 Å². The molecular formula is C11H15N3O3. The molecule has 0 aromatic carbocycles. The van der Waals surface area contributed by atoms with Gasteiger partial charge >= 0.3 is 5.97 Å². The first-order chi connectivity index (χ1) is 8.26. The average Bonchev–Trinajstić information content (AvgIpc) is 2.86. The zero-order chi connectivity index (χ0) is 12.3. The van der Waals surface area contributed by atoms with Crippen molar-refractivity contribution >= 4 is 11.8 Å². The van der Waals surface area contributed by atoms with Gasteiger partial charge in [0.2, 0.25) is 5.82 Å². The molecule has 1 unspecified atom stereocenters. The lowest BCUT2D eigenvalue weighted by Gasteiger charge is -2.23. The molecule has 0 amide bonds. The van der Waals surface area contributed by atoms with Crippen molar-refractivity contribution < 1.29 is 14.6 Å². The number of aliphatic hydroxyl groups excluding tert-OH is 1. The topological polar surface area (TPSA) is 75.5 Å². The van der Waals surface area contributed by atoms with E-state index in [0.717, 1.165) is 19.4 Å². The summed E-state index contributed by atoms with van der Waals surface area (Å²) in [6.07, 6.45) is 3.48. The summed E-state index contributed by atoms with van der Waals surface area (Å²) in [6.45, 7) is 0.931. The third-order valence-electron chi connectivity index (χ3n) is 2.89. The van der Waals surface area contributed by atoms with E-state index in [9.17, 15) is 9.90 Å². The van der Waals surface area contributed by atoms with Crippen LogP contribution in [0.25, 0.3) is 0 Å². The minimum atomic E-state index is -0.549. The Morgan fingerprint density at radius 3 is 3.24 bits per heavy atom. The van der Waals surface area contributed by atoms with Crippen LogP contribution in [0.5, 0.6) is 0 Å². The number of ether oxygens (including phenoxy) is 1. The van der Waals surface area contributed by atoms with Gasteiger partial charge in [0.25, 0.3) is 0 Å². The van der Waals surface area contributed by atoms with E-state index in [1.165, 1.54) is 13.3 Å². The second kappa shape index (κ2) is 5.09. The number of rotatable bonds is 3. The number of hydrogen-bond donors (Lipinski definition) is 1. The monoisotopic (exact) mass is 237 g/mol. The van der Waals surface area contributed by atoms with Crippen molar-refractivity contribution in [1.29, 1.82) is 0 Å². The fourth-order valence-corrected chi connectivity index (χ4v) is 2.03. The molecule has 6 nitrogen and oxygen atoms in total. The standard InChI is InChI=1S/C11H15N3O3/c1-17-11(16)10-12-5-4-9(13-10)14-6-2-3-8(14)7-15/h4-5,8,15H,2-3,6-7H2,1H3. The molecule has 1 atom stereocenters. The summed E-state index contributed by atoms with van der Waals surface area (Å²) in [6, 6.07) is 1.82. The maximum absolute atomic E-state index is 11.3. The Labute approximate surface area is 99.2 Å². The van der Waals surface area contributed by atoms with Crippen LogP contribution in [-0.2, 0) is 4.74 Å². The van der Waals surface area contributed by atoms with Gasteiger partial charge in [-0.05, 0) is 18.9 Å². The minimum absolute atomic E-state index is 0.0496. The average molecular weight is 237 g/mol. The minimum Gasteiger partial charge on any atom is -0.463 e. The summed E-state index contributed by atoms with van der Waals surface area (Å²) in [5.41, 5.74) is 0. The van der Waals surface area contributed by atoms with Crippen molar-refractivity contribution in [3.8, 4) is 0 Å². The van der Waals surface area contributed by atoms with Crippen LogP contribution in [0.3, 0.4) is 0 Å². The third-order valence-corrected chi connectivity index (χ3v) is 2.89. The van der Waals surface area contributed by atoms with Gasteiger partial charge in [0.1, 0.15) is 5.82 Å². The quantitative estimate of drug-likeness (QED) is 0.758. The second-order valence-electron chi connectivity index (χ2n) is 3.90. The Hall–Kier alpha value is -1.69. The van der Waals surface area contributed by atoms with E-state index in [-0.39, 0.29) is 18.5 Å². The van der Waals surface area contributed by atoms with Crippen LogP contribution in [0.15, 0.2) is 12.3 Å². The molecule has 0 saturated carbocycles. The number of esters is 1. The molecule has 92 valence electrons. The molecule has 17 heavy (non-hydrogen) atoms. The van der Waals surface area contributed by atoms with E-state index < -0.39 is 5.97 Å². The molecule has 1 aliphatic heterocycles. The van der Waals surface area contributed by atoms with Crippen molar-refractivity contribution in [3.63, 3.8) is 0 Å². The van der Waals surface area contributed by atoms with E-state index in [4.69, 9.17) is 0 Å². The summed E-state index contributed by atoms with van der Waals surface area (Å²) < 4.78 is 4.58. The van der Waals surface area contributed by atoms with Crippen molar-refractivity contribution in [1.82, 2.24) is 9.97 Å². The molecule has 0 radical (unpaired) electrons. The Bertz CT molecular complexity index is 411. The zero-order valence-electron chi connectivity index (χ0n) is 9.67. The molecule has 2 rings (SSSR count). The summed E-state index contributed by atoms with van der Waals surface area (Å²) in [5.74, 6) is 0.164. The number of aliphatic hydroxyl groups is 1. The molecule has 0 bridgehead atoms. The van der Waals surface area contributed by atoms with Gasteiger partial charge in [-0.25, -0.2) is 14.8 Å². The highest BCUT2D eigenvalue weighted by atomic mass is 16.5. The van der Waals surface area contributed by atoms with Crippen molar-refractivity contribution in [3.05, 3.63) is 18.1 Å². The van der Waals surface area contributed by atoms with Gasteiger partial charge in [-0.3, -0.25) is 0 Å². The number of carbonyl (C=O) groups excluding carboxylic acids is 1. The van der Waals surface area contributed by atoms with Crippen LogP contribution in [0, 0.1) is 0 Å². The summed E-state index contributed by atoms with van der Waals surface area (Å²) >= 11 is 0. The summed E-state index contributed by atoms with van der Waals surface area (Å²) in [4.78, 5) is 21.3. The van der Waals surface area contributed by atoms with E-state index in [1.807, 2.05) is 4.90 Å². The van der Waals surface area contributed by atoms with Crippen molar-refractivity contribution in [2.45, 2.75) is 18.9 Å². The first-order valence-electron chi connectivity index (χ1n) is 5.55.